The summed E-state index contributed by atoms with van der Waals surface area (Å²) in [5.41, 5.74) is 12.6. The van der Waals surface area contributed by atoms with Crippen molar-refractivity contribution in [2.45, 2.75) is 20.0 Å². The normalized spacial score (nSPS) is 11.1. The highest BCUT2D eigenvalue weighted by Gasteiger charge is 2.19. The Balaban J connectivity index is 1.34. The maximum absolute atomic E-state index is 12.0. The van der Waals surface area contributed by atoms with E-state index in [0.717, 1.165) is 44.5 Å². The predicted octanol–water partition coefficient (Wildman–Crippen LogP) is 4.06. The second-order valence-corrected chi connectivity index (χ2v) is 9.30. The molecule has 5 rings (SSSR count). The zero-order valence-corrected chi connectivity index (χ0v) is 21.7. The Labute approximate surface area is 225 Å². The average molecular weight is 523 g/mol. The van der Waals surface area contributed by atoms with Crippen LogP contribution < -0.4 is 16.4 Å². The van der Waals surface area contributed by atoms with Crippen LogP contribution in [-0.2, 0) is 17.8 Å². The number of benzene rings is 2. The van der Waals surface area contributed by atoms with Crippen LogP contribution in [0.5, 0.6) is 0 Å². The number of para-hydroxylation sites is 1. The predicted molar refractivity (Wildman–Crippen MR) is 152 cm³/mol. The standard InChI is InChI=1S/C29H30N8O2/c1-19(2)15-31-13-14-39-29(38)32-16-20-7-9-21(10-8-20)18-37-26-23-5-3-4-6-24(23)35-27(30)25(26)36-28(37)22-11-12-33-34-17-22/h3-12,17,31H,1,13-16,18H2,2H3,(H2,30,35)(H,32,38). The van der Waals surface area contributed by atoms with E-state index in [0.29, 0.717) is 44.1 Å². The van der Waals surface area contributed by atoms with Crippen LogP contribution in [0.1, 0.15) is 18.1 Å². The third-order valence-corrected chi connectivity index (χ3v) is 6.19. The summed E-state index contributed by atoms with van der Waals surface area (Å²) in [6.07, 6.45) is 2.88. The molecule has 3 heterocycles. The number of nitrogens with two attached hydrogens (primary N) is 1. The van der Waals surface area contributed by atoms with E-state index in [1.165, 1.54) is 0 Å². The molecule has 0 atom stereocenters. The number of carbonyl (C=O) groups excluding carboxylic acids is 1. The summed E-state index contributed by atoms with van der Waals surface area (Å²) >= 11 is 0. The minimum Gasteiger partial charge on any atom is -0.448 e. The Bertz CT molecular complexity index is 1610. The van der Waals surface area contributed by atoms with Gasteiger partial charge in [-0.15, -0.1) is 0 Å². The van der Waals surface area contributed by atoms with Gasteiger partial charge in [0.2, 0.25) is 0 Å². The number of nitrogens with zero attached hydrogens (tertiary/aromatic N) is 5. The zero-order valence-electron chi connectivity index (χ0n) is 21.7. The summed E-state index contributed by atoms with van der Waals surface area (Å²) in [6.45, 7) is 8.25. The Morgan fingerprint density at radius 2 is 1.85 bits per heavy atom. The van der Waals surface area contributed by atoms with Crippen LogP contribution in [0.2, 0.25) is 0 Å². The molecule has 5 aromatic rings. The van der Waals surface area contributed by atoms with E-state index < -0.39 is 6.09 Å². The monoisotopic (exact) mass is 522 g/mol. The van der Waals surface area contributed by atoms with Gasteiger partial charge in [-0.3, -0.25) is 0 Å². The lowest BCUT2D eigenvalue weighted by Crippen LogP contribution is -2.28. The third-order valence-electron chi connectivity index (χ3n) is 6.19. The average Bonchev–Trinajstić information content (AvgIpc) is 3.33. The highest BCUT2D eigenvalue weighted by atomic mass is 16.5. The van der Waals surface area contributed by atoms with E-state index in [-0.39, 0.29) is 0 Å². The molecule has 0 aliphatic rings. The van der Waals surface area contributed by atoms with E-state index in [4.69, 9.17) is 15.5 Å². The van der Waals surface area contributed by atoms with Gasteiger partial charge in [-0.1, -0.05) is 54.6 Å². The Hall–Kier alpha value is -4.83. The minimum atomic E-state index is -0.449. The third kappa shape index (κ3) is 6.02. The first kappa shape index (κ1) is 25.8. The van der Waals surface area contributed by atoms with Crippen molar-refractivity contribution in [2.24, 2.45) is 0 Å². The first-order chi connectivity index (χ1) is 19.0. The van der Waals surface area contributed by atoms with Crippen LogP contribution >= 0.6 is 0 Å². The molecule has 198 valence electrons. The lowest BCUT2D eigenvalue weighted by molar-refractivity contribution is 0.146. The Morgan fingerprint density at radius 3 is 2.62 bits per heavy atom. The Morgan fingerprint density at radius 1 is 1.05 bits per heavy atom. The second-order valence-electron chi connectivity index (χ2n) is 9.30. The SMILES string of the molecule is C=C(C)CNCCOC(=O)NCc1ccc(Cn2c(-c3ccnnc3)nc3c(N)nc4ccccc4c32)cc1. The van der Waals surface area contributed by atoms with E-state index >= 15 is 0 Å². The molecule has 4 N–H and O–H groups in total. The van der Waals surface area contributed by atoms with Crippen LogP contribution in [0.3, 0.4) is 0 Å². The summed E-state index contributed by atoms with van der Waals surface area (Å²) in [7, 11) is 0. The first-order valence-electron chi connectivity index (χ1n) is 12.6. The van der Waals surface area contributed by atoms with Gasteiger partial charge >= 0.3 is 6.09 Å². The van der Waals surface area contributed by atoms with Crippen molar-refractivity contribution in [1.29, 1.82) is 0 Å². The number of ether oxygens (including phenoxy) is 1. The number of nitrogen functional groups attached to an aromatic ring is 1. The van der Waals surface area contributed by atoms with Crippen molar-refractivity contribution in [3.05, 3.63) is 90.3 Å². The summed E-state index contributed by atoms with van der Waals surface area (Å²) in [6, 6.07) is 17.8. The highest BCUT2D eigenvalue weighted by molar-refractivity contribution is 6.07. The summed E-state index contributed by atoms with van der Waals surface area (Å²) in [5.74, 6) is 1.11. The van der Waals surface area contributed by atoms with Gasteiger partial charge in [0.25, 0.3) is 0 Å². The molecular formula is C29H30N8O2. The molecule has 3 aromatic heterocycles. The van der Waals surface area contributed by atoms with Gasteiger partial charge in [-0.2, -0.15) is 10.2 Å². The fourth-order valence-corrected chi connectivity index (χ4v) is 4.34. The maximum atomic E-state index is 12.0. The van der Waals surface area contributed by atoms with Crippen molar-refractivity contribution in [3.63, 3.8) is 0 Å². The number of pyridine rings is 1. The lowest BCUT2D eigenvalue weighted by Gasteiger charge is -2.12. The quantitative estimate of drug-likeness (QED) is 0.185. The minimum absolute atomic E-state index is 0.293. The number of hydrogen-bond acceptors (Lipinski definition) is 8. The zero-order chi connectivity index (χ0) is 27.2. The number of imidazole rings is 1. The number of hydrogen-bond donors (Lipinski definition) is 3. The number of amides is 1. The molecule has 0 saturated carbocycles. The van der Waals surface area contributed by atoms with Gasteiger partial charge in [-0.25, -0.2) is 14.8 Å². The molecular weight excluding hydrogens is 492 g/mol. The number of alkyl carbamates (subject to hydrolysis) is 1. The summed E-state index contributed by atoms with van der Waals surface area (Å²) < 4.78 is 7.34. The molecule has 0 radical (unpaired) electrons. The van der Waals surface area contributed by atoms with Crippen molar-refractivity contribution in [2.75, 3.05) is 25.4 Å². The molecule has 0 aliphatic carbocycles. The number of carbonyl (C=O) groups is 1. The Kier molecular flexibility index (Phi) is 7.74. The molecule has 0 saturated heterocycles. The second kappa shape index (κ2) is 11.7. The molecule has 0 bridgehead atoms. The van der Waals surface area contributed by atoms with Gasteiger partial charge in [0.1, 0.15) is 17.9 Å². The maximum Gasteiger partial charge on any atom is 0.407 e. The molecule has 10 nitrogen and oxygen atoms in total. The van der Waals surface area contributed by atoms with Crippen LogP contribution in [0.15, 0.2) is 79.1 Å². The van der Waals surface area contributed by atoms with Crippen LogP contribution in [0.4, 0.5) is 10.6 Å². The fraction of sp³-hybridized carbons (Fsp3) is 0.207. The van der Waals surface area contributed by atoms with Gasteiger partial charge in [0.15, 0.2) is 5.82 Å². The van der Waals surface area contributed by atoms with Crippen molar-refractivity contribution in [1.82, 2.24) is 35.4 Å². The molecule has 1 amide bonds. The number of nitrogens with one attached hydrogen (secondary N) is 2. The van der Waals surface area contributed by atoms with Crippen LogP contribution in [-0.4, -0.2) is 50.5 Å². The molecule has 0 spiro atoms. The summed E-state index contributed by atoms with van der Waals surface area (Å²) in [5, 5.41) is 14.9. The molecule has 2 aromatic carbocycles. The number of fused-ring (bicyclic) bond motifs is 3. The molecule has 0 unspecified atom stereocenters. The van der Waals surface area contributed by atoms with E-state index in [9.17, 15) is 4.79 Å². The van der Waals surface area contributed by atoms with Gasteiger partial charge in [0, 0.05) is 37.1 Å². The molecule has 10 heteroatoms. The molecule has 0 fully saturated rings. The van der Waals surface area contributed by atoms with Crippen molar-refractivity contribution < 1.29 is 9.53 Å². The van der Waals surface area contributed by atoms with Gasteiger partial charge in [-0.05, 0) is 30.2 Å². The smallest absolute Gasteiger partial charge is 0.407 e. The van der Waals surface area contributed by atoms with Crippen molar-refractivity contribution >= 4 is 33.8 Å². The highest BCUT2D eigenvalue weighted by Crippen LogP contribution is 2.32. The van der Waals surface area contributed by atoms with Crippen LogP contribution in [0.25, 0.3) is 33.3 Å². The first-order valence-corrected chi connectivity index (χ1v) is 12.6. The van der Waals surface area contributed by atoms with E-state index in [1.54, 1.807) is 12.4 Å². The van der Waals surface area contributed by atoms with E-state index in [1.807, 2.05) is 61.5 Å². The molecule has 0 aliphatic heterocycles. The number of aromatic nitrogens is 5. The number of anilines is 1. The van der Waals surface area contributed by atoms with E-state index in [2.05, 4.69) is 37.0 Å². The van der Waals surface area contributed by atoms with Gasteiger partial charge < -0.3 is 25.7 Å². The van der Waals surface area contributed by atoms with Crippen LogP contribution in [0, 0.1) is 0 Å². The van der Waals surface area contributed by atoms with Gasteiger partial charge in [0.05, 0.1) is 23.4 Å². The summed E-state index contributed by atoms with van der Waals surface area (Å²) in [4.78, 5) is 21.4. The fourth-order valence-electron chi connectivity index (χ4n) is 4.34. The molecule has 39 heavy (non-hydrogen) atoms. The topological polar surface area (TPSA) is 133 Å². The largest absolute Gasteiger partial charge is 0.448 e. The number of rotatable bonds is 10. The van der Waals surface area contributed by atoms with Crippen molar-refractivity contribution in [3.8, 4) is 11.4 Å². The lowest BCUT2D eigenvalue weighted by atomic mass is 10.1.